The van der Waals surface area contributed by atoms with Gasteiger partial charge in [-0.15, -0.1) is 0 Å². The van der Waals surface area contributed by atoms with Gasteiger partial charge in [0.1, 0.15) is 0 Å². The average molecular weight is 210 g/mol. The summed E-state index contributed by atoms with van der Waals surface area (Å²) in [4.78, 5) is 10.0. The van der Waals surface area contributed by atoms with E-state index in [0.29, 0.717) is 5.56 Å². The molecule has 0 aliphatic carbocycles. The van der Waals surface area contributed by atoms with Crippen LogP contribution in [-0.4, -0.2) is 16.6 Å². The number of nitrogens with one attached hydrogen (secondary N) is 1. The molecule has 0 saturated heterocycles. The van der Waals surface area contributed by atoms with E-state index in [0.717, 1.165) is 18.7 Å². The molecule has 5 heteroatoms. The zero-order valence-electron chi connectivity index (χ0n) is 8.56. The van der Waals surface area contributed by atoms with Crippen molar-refractivity contribution in [3.05, 3.63) is 33.9 Å². The number of aliphatic hydroxyl groups is 1. The molecule has 2 N–H and O–H groups in total. The molecule has 0 spiro atoms. The van der Waals surface area contributed by atoms with Crippen LogP contribution in [0.3, 0.4) is 0 Å². The van der Waals surface area contributed by atoms with Crippen molar-refractivity contribution in [1.29, 1.82) is 0 Å². The molecule has 0 fully saturated rings. The van der Waals surface area contributed by atoms with Crippen molar-refractivity contribution >= 4 is 11.4 Å². The summed E-state index contributed by atoms with van der Waals surface area (Å²) in [6.45, 7) is 2.61. The molecule has 5 nitrogen and oxygen atoms in total. The molecule has 0 radical (unpaired) electrons. The lowest BCUT2D eigenvalue weighted by molar-refractivity contribution is -0.384. The molecular formula is C10H14N2O3. The molecule has 82 valence electrons. The van der Waals surface area contributed by atoms with Gasteiger partial charge in [0.15, 0.2) is 0 Å². The van der Waals surface area contributed by atoms with Gasteiger partial charge in [0.25, 0.3) is 5.69 Å². The van der Waals surface area contributed by atoms with E-state index in [1.54, 1.807) is 6.07 Å². The molecule has 15 heavy (non-hydrogen) atoms. The van der Waals surface area contributed by atoms with Gasteiger partial charge >= 0.3 is 0 Å². The Morgan fingerprint density at radius 3 is 2.80 bits per heavy atom. The van der Waals surface area contributed by atoms with E-state index >= 15 is 0 Å². The van der Waals surface area contributed by atoms with E-state index < -0.39 is 4.92 Å². The minimum absolute atomic E-state index is 0.00102. The van der Waals surface area contributed by atoms with E-state index in [1.165, 1.54) is 12.1 Å². The Balaban J connectivity index is 2.93. The van der Waals surface area contributed by atoms with Crippen molar-refractivity contribution in [1.82, 2.24) is 0 Å². The van der Waals surface area contributed by atoms with Crippen LogP contribution in [0.25, 0.3) is 0 Å². The molecule has 0 aliphatic heterocycles. The van der Waals surface area contributed by atoms with Crippen LogP contribution < -0.4 is 5.32 Å². The Labute approximate surface area is 87.9 Å². The van der Waals surface area contributed by atoms with Gasteiger partial charge in [-0.1, -0.05) is 6.92 Å². The summed E-state index contributed by atoms with van der Waals surface area (Å²) < 4.78 is 0. The quantitative estimate of drug-likeness (QED) is 0.575. The second-order valence-corrected chi connectivity index (χ2v) is 3.18. The second kappa shape index (κ2) is 5.31. The molecule has 0 bridgehead atoms. The van der Waals surface area contributed by atoms with Gasteiger partial charge in [0.2, 0.25) is 0 Å². The Hall–Kier alpha value is -1.62. The van der Waals surface area contributed by atoms with E-state index in [4.69, 9.17) is 5.11 Å². The zero-order chi connectivity index (χ0) is 11.3. The summed E-state index contributed by atoms with van der Waals surface area (Å²) in [7, 11) is 0. The minimum Gasteiger partial charge on any atom is -0.392 e. The van der Waals surface area contributed by atoms with Crippen LogP contribution in [0.15, 0.2) is 18.2 Å². The first-order chi connectivity index (χ1) is 7.19. The fourth-order valence-corrected chi connectivity index (χ4v) is 1.26. The molecule has 1 rings (SSSR count). The van der Waals surface area contributed by atoms with Crippen LogP contribution in [-0.2, 0) is 6.61 Å². The van der Waals surface area contributed by atoms with Crippen LogP contribution in [0.5, 0.6) is 0 Å². The first-order valence-electron chi connectivity index (χ1n) is 4.81. The molecule has 0 aliphatic rings. The van der Waals surface area contributed by atoms with E-state index in [1.807, 2.05) is 6.92 Å². The van der Waals surface area contributed by atoms with E-state index in [-0.39, 0.29) is 12.3 Å². The highest BCUT2D eigenvalue weighted by atomic mass is 16.6. The van der Waals surface area contributed by atoms with Crippen LogP contribution >= 0.6 is 0 Å². The average Bonchev–Trinajstić information content (AvgIpc) is 2.25. The van der Waals surface area contributed by atoms with Crippen molar-refractivity contribution in [2.75, 3.05) is 11.9 Å². The van der Waals surface area contributed by atoms with Crippen molar-refractivity contribution in [2.24, 2.45) is 0 Å². The number of nitrogens with zero attached hydrogens (tertiary/aromatic N) is 1. The van der Waals surface area contributed by atoms with Gasteiger partial charge in [0, 0.05) is 29.9 Å². The summed E-state index contributed by atoms with van der Waals surface area (Å²) in [6, 6.07) is 4.44. The van der Waals surface area contributed by atoms with Crippen molar-refractivity contribution in [3.63, 3.8) is 0 Å². The molecular weight excluding hydrogens is 196 g/mol. The standard InChI is InChI=1S/C10H14N2O3/c1-2-5-11-10-4-3-9(12(14)15)6-8(10)7-13/h3-4,6,11,13H,2,5,7H2,1H3. The molecule has 0 saturated carbocycles. The Bertz CT molecular complexity index is 353. The summed E-state index contributed by atoms with van der Waals surface area (Å²) in [5.74, 6) is 0. The predicted molar refractivity (Wildman–Crippen MR) is 57.8 cm³/mol. The van der Waals surface area contributed by atoms with Gasteiger partial charge in [0.05, 0.1) is 11.5 Å². The highest BCUT2D eigenvalue weighted by Crippen LogP contribution is 2.21. The molecule has 1 aromatic carbocycles. The molecule has 0 atom stereocenters. The maximum absolute atomic E-state index is 10.5. The van der Waals surface area contributed by atoms with Crippen molar-refractivity contribution < 1.29 is 10.0 Å². The lowest BCUT2D eigenvalue weighted by Crippen LogP contribution is -2.03. The van der Waals surface area contributed by atoms with Gasteiger partial charge in [-0.3, -0.25) is 10.1 Å². The predicted octanol–water partition coefficient (Wildman–Crippen LogP) is 1.91. The number of rotatable bonds is 5. The number of hydrogen-bond acceptors (Lipinski definition) is 4. The molecule has 0 heterocycles. The van der Waals surface area contributed by atoms with Gasteiger partial charge in [-0.05, 0) is 12.5 Å². The number of anilines is 1. The maximum atomic E-state index is 10.5. The van der Waals surface area contributed by atoms with Crippen LogP contribution in [0, 0.1) is 10.1 Å². The number of benzene rings is 1. The summed E-state index contributed by atoms with van der Waals surface area (Å²) in [5.41, 5.74) is 1.31. The number of hydrogen-bond donors (Lipinski definition) is 2. The minimum atomic E-state index is -0.469. The lowest BCUT2D eigenvalue weighted by Gasteiger charge is -2.08. The normalized spacial score (nSPS) is 10.0. The fraction of sp³-hybridized carbons (Fsp3) is 0.400. The Morgan fingerprint density at radius 2 is 2.27 bits per heavy atom. The number of non-ortho nitro benzene ring substituents is 1. The number of nitro benzene ring substituents is 1. The topological polar surface area (TPSA) is 75.4 Å². The molecule has 0 aromatic heterocycles. The fourth-order valence-electron chi connectivity index (χ4n) is 1.26. The zero-order valence-corrected chi connectivity index (χ0v) is 8.56. The van der Waals surface area contributed by atoms with Gasteiger partial charge < -0.3 is 10.4 Å². The van der Waals surface area contributed by atoms with Crippen LogP contribution in [0.1, 0.15) is 18.9 Å². The SMILES string of the molecule is CCCNc1ccc([N+](=O)[O-])cc1CO. The maximum Gasteiger partial charge on any atom is 0.269 e. The molecule has 0 amide bonds. The summed E-state index contributed by atoms with van der Waals surface area (Å²) in [5, 5.41) is 22.7. The van der Waals surface area contributed by atoms with Crippen LogP contribution in [0.2, 0.25) is 0 Å². The van der Waals surface area contributed by atoms with Crippen LogP contribution in [0.4, 0.5) is 11.4 Å². The first kappa shape index (κ1) is 11.5. The van der Waals surface area contributed by atoms with E-state index in [2.05, 4.69) is 5.32 Å². The highest BCUT2D eigenvalue weighted by molar-refractivity contribution is 5.55. The third kappa shape index (κ3) is 2.92. The van der Waals surface area contributed by atoms with Crippen molar-refractivity contribution in [3.8, 4) is 0 Å². The largest absolute Gasteiger partial charge is 0.392 e. The molecule has 0 unspecified atom stereocenters. The third-order valence-corrected chi connectivity index (χ3v) is 2.04. The Morgan fingerprint density at radius 1 is 1.53 bits per heavy atom. The second-order valence-electron chi connectivity index (χ2n) is 3.18. The summed E-state index contributed by atoms with van der Waals surface area (Å²) >= 11 is 0. The van der Waals surface area contributed by atoms with Gasteiger partial charge in [-0.25, -0.2) is 0 Å². The van der Waals surface area contributed by atoms with Crippen molar-refractivity contribution in [2.45, 2.75) is 20.0 Å². The number of aliphatic hydroxyl groups excluding tert-OH is 1. The third-order valence-electron chi connectivity index (χ3n) is 2.04. The summed E-state index contributed by atoms with van der Waals surface area (Å²) in [6.07, 6.45) is 0.960. The highest BCUT2D eigenvalue weighted by Gasteiger charge is 2.09. The lowest BCUT2D eigenvalue weighted by atomic mass is 10.1. The number of nitro groups is 1. The van der Waals surface area contributed by atoms with E-state index in [9.17, 15) is 10.1 Å². The first-order valence-corrected chi connectivity index (χ1v) is 4.81. The monoisotopic (exact) mass is 210 g/mol. The smallest absolute Gasteiger partial charge is 0.269 e. The molecule has 1 aromatic rings. The van der Waals surface area contributed by atoms with Gasteiger partial charge in [-0.2, -0.15) is 0 Å². The Kier molecular flexibility index (Phi) is 4.05.